The van der Waals surface area contributed by atoms with Gasteiger partial charge in [0.05, 0.1) is 11.8 Å². The number of hydrogen-bond donors (Lipinski definition) is 4. The molecule has 0 radical (unpaired) electrons. The van der Waals surface area contributed by atoms with Crippen molar-refractivity contribution in [2.45, 2.75) is 31.9 Å². The van der Waals surface area contributed by atoms with Gasteiger partial charge in [-0.2, -0.15) is 4.98 Å². The molecular weight excluding hydrogens is 492 g/mol. The van der Waals surface area contributed by atoms with Crippen molar-refractivity contribution in [1.82, 2.24) is 25.5 Å². The first-order chi connectivity index (χ1) is 18.3. The number of nitrogens with one attached hydrogen (secondary N) is 4. The number of carbonyl (C=O) groups excluding carboxylic acids is 2. The molecule has 2 aromatic rings. The van der Waals surface area contributed by atoms with E-state index in [0.29, 0.717) is 48.9 Å². The van der Waals surface area contributed by atoms with Gasteiger partial charge in [0.2, 0.25) is 17.8 Å². The summed E-state index contributed by atoms with van der Waals surface area (Å²) in [6.45, 7) is 0.908. The Balaban J connectivity index is 1.66. The third kappa shape index (κ3) is 12.3. The Kier molecular flexibility index (Phi) is 13.2. The fourth-order valence-corrected chi connectivity index (χ4v) is 3.10. The van der Waals surface area contributed by atoms with Crippen LogP contribution in [0.15, 0.2) is 42.6 Å². The number of likely N-dealkylation sites (N-methyl/N-ethyl adjacent to an activating group) is 1. The lowest BCUT2D eigenvalue weighted by atomic mass is 10.2. The molecule has 11 heteroatoms. The summed E-state index contributed by atoms with van der Waals surface area (Å²) in [6, 6.07) is 6.00. The van der Waals surface area contributed by atoms with Crippen LogP contribution in [0.5, 0.6) is 0 Å². The van der Waals surface area contributed by atoms with E-state index in [-0.39, 0.29) is 37.0 Å². The van der Waals surface area contributed by atoms with E-state index in [1.165, 1.54) is 18.2 Å². The highest BCUT2D eigenvalue weighted by atomic mass is 19.1. The van der Waals surface area contributed by atoms with Gasteiger partial charge in [-0.1, -0.05) is 24.0 Å². The molecule has 2 rings (SSSR count). The predicted molar refractivity (Wildman–Crippen MR) is 145 cm³/mol. The van der Waals surface area contributed by atoms with Crippen molar-refractivity contribution >= 4 is 29.3 Å². The highest BCUT2D eigenvalue weighted by Gasteiger charge is 2.11. The maximum absolute atomic E-state index is 14.0. The number of amides is 2. The average Bonchev–Trinajstić information content (AvgIpc) is 2.88. The topological polar surface area (TPSA) is 111 Å². The van der Waals surface area contributed by atoms with Crippen molar-refractivity contribution in [3.63, 3.8) is 0 Å². The molecule has 0 saturated heterocycles. The molecule has 1 aromatic carbocycles. The molecule has 1 heterocycles. The van der Waals surface area contributed by atoms with Gasteiger partial charge in [-0.05, 0) is 45.1 Å². The van der Waals surface area contributed by atoms with Crippen molar-refractivity contribution in [2.24, 2.45) is 0 Å². The van der Waals surface area contributed by atoms with E-state index >= 15 is 0 Å². The molecule has 0 saturated carbocycles. The first-order valence-electron chi connectivity index (χ1n) is 12.3. The van der Waals surface area contributed by atoms with Crippen molar-refractivity contribution < 1.29 is 18.4 Å². The summed E-state index contributed by atoms with van der Waals surface area (Å²) in [5.74, 6) is 5.90. The Hall–Kier alpha value is -4.04. The van der Waals surface area contributed by atoms with Crippen LogP contribution in [0.2, 0.25) is 0 Å². The lowest BCUT2D eigenvalue weighted by Gasteiger charge is -2.09. The molecule has 38 heavy (non-hydrogen) atoms. The number of rotatable bonds is 14. The molecule has 204 valence electrons. The van der Waals surface area contributed by atoms with Gasteiger partial charge < -0.3 is 26.2 Å². The molecule has 0 unspecified atom stereocenters. The van der Waals surface area contributed by atoms with E-state index in [4.69, 9.17) is 0 Å². The second-order valence-electron chi connectivity index (χ2n) is 8.64. The molecule has 2 amide bonds. The molecule has 0 aliphatic carbocycles. The third-order valence-corrected chi connectivity index (χ3v) is 5.05. The number of carbonyl (C=O) groups is 2. The molecule has 0 fully saturated rings. The molecule has 0 bridgehead atoms. The third-order valence-electron chi connectivity index (χ3n) is 5.05. The second-order valence-corrected chi connectivity index (χ2v) is 8.64. The maximum atomic E-state index is 14.0. The monoisotopic (exact) mass is 527 g/mol. The summed E-state index contributed by atoms with van der Waals surface area (Å²) in [6.07, 6.45) is 4.58. The number of benzene rings is 1. The number of unbranched alkanes of at least 4 members (excludes halogenated alkanes) is 1. The molecule has 9 nitrogen and oxygen atoms in total. The number of nitrogens with zero attached hydrogens (tertiary/aromatic N) is 3. The van der Waals surface area contributed by atoms with Crippen molar-refractivity contribution in [1.29, 1.82) is 0 Å². The van der Waals surface area contributed by atoms with Crippen LogP contribution < -0.4 is 21.3 Å². The van der Waals surface area contributed by atoms with Crippen LogP contribution in [0.25, 0.3) is 0 Å². The Morgan fingerprint density at radius 3 is 2.79 bits per heavy atom. The van der Waals surface area contributed by atoms with E-state index in [9.17, 15) is 18.4 Å². The smallest absolute Gasteiger partial charge is 0.243 e. The lowest BCUT2D eigenvalue weighted by molar-refractivity contribution is -0.121. The number of anilines is 3. The molecule has 1 atom stereocenters. The maximum Gasteiger partial charge on any atom is 0.243 e. The summed E-state index contributed by atoms with van der Waals surface area (Å²) < 4.78 is 27.3. The summed E-state index contributed by atoms with van der Waals surface area (Å²) in [4.78, 5) is 34.0. The minimum absolute atomic E-state index is 0.0319. The zero-order chi connectivity index (χ0) is 27.8. The summed E-state index contributed by atoms with van der Waals surface area (Å²) in [5, 5.41) is 11.1. The quantitative estimate of drug-likeness (QED) is 0.170. The van der Waals surface area contributed by atoms with Gasteiger partial charge in [0.15, 0.2) is 0 Å². The van der Waals surface area contributed by atoms with Gasteiger partial charge in [0, 0.05) is 51.3 Å². The van der Waals surface area contributed by atoms with Crippen LogP contribution in [0.3, 0.4) is 0 Å². The lowest BCUT2D eigenvalue weighted by Crippen LogP contribution is -2.30. The molecule has 0 aliphatic rings. The summed E-state index contributed by atoms with van der Waals surface area (Å²) >= 11 is 0. The molecular formula is C27H35F2N7O2. The Morgan fingerprint density at radius 1 is 1.24 bits per heavy atom. The molecule has 0 spiro atoms. The fourth-order valence-electron chi connectivity index (χ4n) is 3.10. The van der Waals surface area contributed by atoms with Gasteiger partial charge in [-0.25, -0.2) is 13.8 Å². The Bertz CT molecular complexity index is 1150. The van der Waals surface area contributed by atoms with Crippen LogP contribution in [-0.2, 0) is 9.59 Å². The Labute approximate surface area is 222 Å². The van der Waals surface area contributed by atoms with E-state index < -0.39 is 6.17 Å². The first-order valence-corrected chi connectivity index (χ1v) is 12.3. The second kappa shape index (κ2) is 16.7. The van der Waals surface area contributed by atoms with Crippen molar-refractivity contribution in [2.75, 3.05) is 51.4 Å². The zero-order valence-electron chi connectivity index (χ0n) is 22.0. The van der Waals surface area contributed by atoms with Gasteiger partial charge in [-0.3, -0.25) is 9.59 Å². The SMILES string of the molecule is CNc1nc(Nc2cccc(F)c2)ncc1C#CCCCNC(=O)CC[C@H](F)CNC(=O)/C=C/CN(C)C. The van der Waals surface area contributed by atoms with Gasteiger partial charge >= 0.3 is 0 Å². The standard InChI is InChI=1S/C27H35F2N7O2/c1-30-26-20(18-33-27(35-26)34-23-11-7-10-21(28)17-23)9-5-4-6-15-31-25(38)14-13-22(29)19-32-24(37)12-8-16-36(2)3/h7-8,10-12,17-18,22H,4,6,13-16,19H2,1-3H3,(H,31,38)(H,32,37)(H2,30,33,34,35)/b12-8+/t22-/m0/s1. The highest BCUT2D eigenvalue weighted by molar-refractivity contribution is 5.87. The van der Waals surface area contributed by atoms with Crippen LogP contribution in [-0.4, -0.2) is 73.6 Å². The van der Waals surface area contributed by atoms with Gasteiger partial charge in [-0.15, -0.1) is 0 Å². The fraction of sp³-hybridized carbons (Fsp3) is 0.407. The Morgan fingerprint density at radius 2 is 2.05 bits per heavy atom. The van der Waals surface area contributed by atoms with E-state index in [1.54, 1.807) is 31.5 Å². The van der Waals surface area contributed by atoms with E-state index in [1.807, 2.05) is 19.0 Å². The van der Waals surface area contributed by atoms with E-state index in [0.717, 1.165) is 0 Å². The van der Waals surface area contributed by atoms with Crippen LogP contribution in [0.4, 0.5) is 26.2 Å². The minimum Gasteiger partial charge on any atom is -0.372 e. The van der Waals surface area contributed by atoms with E-state index in [2.05, 4.69) is 43.1 Å². The predicted octanol–water partition coefficient (Wildman–Crippen LogP) is 3.00. The molecule has 1 aromatic heterocycles. The summed E-state index contributed by atoms with van der Waals surface area (Å²) in [7, 11) is 5.48. The number of hydrogen-bond acceptors (Lipinski definition) is 7. The number of halogens is 2. The molecule has 4 N–H and O–H groups in total. The highest BCUT2D eigenvalue weighted by Crippen LogP contribution is 2.17. The van der Waals surface area contributed by atoms with Crippen LogP contribution >= 0.6 is 0 Å². The molecule has 0 aliphatic heterocycles. The van der Waals surface area contributed by atoms with Crippen molar-refractivity contribution in [3.05, 3.63) is 54.0 Å². The van der Waals surface area contributed by atoms with Crippen LogP contribution in [0, 0.1) is 17.7 Å². The number of aromatic nitrogens is 2. The average molecular weight is 528 g/mol. The van der Waals surface area contributed by atoms with Gasteiger partial charge in [0.25, 0.3) is 0 Å². The van der Waals surface area contributed by atoms with Crippen LogP contribution in [0.1, 0.15) is 31.2 Å². The van der Waals surface area contributed by atoms with Gasteiger partial charge in [0.1, 0.15) is 17.8 Å². The minimum atomic E-state index is -1.29. The number of alkyl halides is 1. The van der Waals surface area contributed by atoms with Crippen molar-refractivity contribution in [3.8, 4) is 11.8 Å². The first kappa shape index (κ1) is 30.2. The normalized spacial score (nSPS) is 11.5. The summed E-state index contributed by atoms with van der Waals surface area (Å²) in [5.41, 5.74) is 1.14. The zero-order valence-corrected chi connectivity index (χ0v) is 22.0. The largest absolute Gasteiger partial charge is 0.372 e.